The van der Waals surface area contributed by atoms with Crippen molar-refractivity contribution in [3.8, 4) is 0 Å². The molecular weight excluding hydrogens is 429 g/mol. The quantitative estimate of drug-likeness (QED) is 0.324. The Bertz CT molecular complexity index is 370. The van der Waals surface area contributed by atoms with E-state index in [4.69, 9.17) is 9.73 Å². The lowest BCUT2D eigenvalue weighted by molar-refractivity contribution is 0.0220. The van der Waals surface area contributed by atoms with Crippen molar-refractivity contribution in [1.29, 1.82) is 0 Å². The van der Waals surface area contributed by atoms with E-state index in [0.717, 1.165) is 64.5 Å². The monoisotopic (exact) mass is 467 g/mol. The molecule has 2 fully saturated rings. The molecule has 1 aliphatic heterocycles. The maximum Gasteiger partial charge on any atom is 0.191 e. The van der Waals surface area contributed by atoms with Gasteiger partial charge in [-0.15, -0.1) is 24.0 Å². The molecule has 1 saturated carbocycles. The van der Waals surface area contributed by atoms with E-state index in [1.165, 1.54) is 25.7 Å². The number of likely N-dealkylation sites (N-methyl/N-ethyl adjacent to an activating group) is 1. The first kappa shape index (κ1) is 22.9. The van der Waals surface area contributed by atoms with Crippen molar-refractivity contribution < 1.29 is 4.74 Å². The van der Waals surface area contributed by atoms with Crippen LogP contribution in [0.3, 0.4) is 0 Å². The molecule has 0 spiro atoms. The smallest absolute Gasteiger partial charge is 0.191 e. The summed E-state index contributed by atoms with van der Waals surface area (Å²) in [6.45, 7) is 11.9. The van der Waals surface area contributed by atoms with Gasteiger partial charge in [0.05, 0.1) is 19.8 Å². The minimum absolute atomic E-state index is 0. The van der Waals surface area contributed by atoms with Crippen LogP contribution in [-0.4, -0.2) is 87.4 Å². The van der Waals surface area contributed by atoms with E-state index >= 15 is 0 Å². The van der Waals surface area contributed by atoms with E-state index in [9.17, 15) is 0 Å². The molecule has 0 aromatic heterocycles. The second kappa shape index (κ2) is 13.1. The summed E-state index contributed by atoms with van der Waals surface area (Å²) in [6.07, 6.45) is 5.52. The lowest BCUT2D eigenvalue weighted by Gasteiger charge is -2.31. The molecule has 2 aliphatic rings. The molecule has 1 unspecified atom stereocenters. The number of nitrogens with one attached hydrogen (secondary N) is 2. The van der Waals surface area contributed by atoms with Gasteiger partial charge in [-0.05, 0) is 33.7 Å². The first-order valence-electron chi connectivity index (χ1n) is 9.75. The summed E-state index contributed by atoms with van der Waals surface area (Å²) in [5.41, 5.74) is 0. The Kier molecular flexibility index (Phi) is 12.0. The summed E-state index contributed by atoms with van der Waals surface area (Å²) in [5.74, 6) is 0.942. The zero-order chi connectivity index (χ0) is 17.2. The topological polar surface area (TPSA) is 52.1 Å². The Balaban J connectivity index is 0.00000312. The second-order valence-corrected chi connectivity index (χ2v) is 7.06. The van der Waals surface area contributed by atoms with E-state index in [0.29, 0.717) is 6.04 Å². The Morgan fingerprint density at radius 1 is 1.24 bits per heavy atom. The predicted octanol–water partition coefficient (Wildman–Crippen LogP) is 1.75. The third kappa shape index (κ3) is 8.41. The van der Waals surface area contributed by atoms with Crippen molar-refractivity contribution in [3.63, 3.8) is 0 Å². The molecule has 1 heterocycles. The number of morpholine rings is 1. The van der Waals surface area contributed by atoms with Crippen molar-refractivity contribution in [2.75, 3.05) is 59.5 Å². The molecule has 7 heteroatoms. The lowest BCUT2D eigenvalue weighted by atomic mass is 10.2. The largest absolute Gasteiger partial charge is 0.379 e. The number of hydrogen-bond donors (Lipinski definition) is 2. The van der Waals surface area contributed by atoms with Crippen LogP contribution >= 0.6 is 24.0 Å². The number of halogens is 1. The van der Waals surface area contributed by atoms with Gasteiger partial charge in [-0.3, -0.25) is 9.89 Å². The highest BCUT2D eigenvalue weighted by atomic mass is 127. The molecule has 0 radical (unpaired) electrons. The molecule has 0 amide bonds. The second-order valence-electron chi connectivity index (χ2n) is 7.06. The van der Waals surface area contributed by atoms with Crippen LogP contribution in [0.2, 0.25) is 0 Å². The summed E-state index contributed by atoms with van der Waals surface area (Å²) in [5, 5.41) is 6.85. The van der Waals surface area contributed by atoms with Crippen molar-refractivity contribution in [2.24, 2.45) is 4.99 Å². The standard InChI is InChI=1S/C18H37N5O.HI/c1-4-19-18(20-9-10-22(3)17-7-5-6-8-17)21-15-16(2)23-11-13-24-14-12-23;/h16-17H,4-15H2,1-3H3,(H2,19,20,21);1H. The van der Waals surface area contributed by atoms with E-state index < -0.39 is 0 Å². The third-order valence-corrected chi connectivity index (χ3v) is 5.23. The SMILES string of the molecule is CCNC(=NCC(C)N1CCOCC1)NCCN(C)C1CCCC1.I. The molecule has 1 aliphatic carbocycles. The van der Waals surface area contributed by atoms with Crippen LogP contribution in [-0.2, 0) is 4.74 Å². The van der Waals surface area contributed by atoms with E-state index in [1.54, 1.807) is 0 Å². The maximum atomic E-state index is 5.42. The lowest BCUT2D eigenvalue weighted by Crippen LogP contribution is -2.45. The van der Waals surface area contributed by atoms with E-state index in [-0.39, 0.29) is 24.0 Å². The Morgan fingerprint density at radius 2 is 1.92 bits per heavy atom. The number of aliphatic imine (C=N–C) groups is 1. The minimum Gasteiger partial charge on any atom is -0.379 e. The number of hydrogen-bond acceptors (Lipinski definition) is 4. The fourth-order valence-electron chi connectivity index (χ4n) is 3.58. The minimum atomic E-state index is 0. The van der Waals surface area contributed by atoms with Gasteiger partial charge in [0.2, 0.25) is 0 Å². The Hall–Kier alpha value is -0.120. The van der Waals surface area contributed by atoms with Crippen molar-refractivity contribution >= 4 is 29.9 Å². The molecule has 1 saturated heterocycles. The molecule has 1 atom stereocenters. The summed E-state index contributed by atoms with van der Waals surface area (Å²) in [4.78, 5) is 9.74. The van der Waals surface area contributed by atoms with Crippen LogP contribution in [0, 0.1) is 0 Å². The Morgan fingerprint density at radius 3 is 2.56 bits per heavy atom. The fourth-order valence-corrected chi connectivity index (χ4v) is 3.58. The van der Waals surface area contributed by atoms with Gasteiger partial charge in [-0.2, -0.15) is 0 Å². The number of rotatable bonds is 8. The average Bonchev–Trinajstić information content (AvgIpc) is 3.14. The van der Waals surface area contributed by atoms with Gasteiger partial charge >= 0.3 is 0 Å². The first-order valence-corrected chi connectivity index (χ1v) is 9.75. The van der Waals surface area contributed by atoms with Gasteiger partial charge in [-0.1, -0.05) is 12.8 Å². The molecular formula is C18H38IN5O. The summed E-state index contributed by atoms with van der Waals surface area (Å²) in [7, 11) is 2.25. The van der Waals surface area contributed by atoms with Gasteiger partial charge in [-0.25, -0.2) is 0 Å². The van der Waals surface area contributed by atoms with Crippen LogP contribution < -0.4 is 10.6 Å². The molecule has 0 bridgehead atoms. The zero-order valence-corrected chi connectivity index (χ0v) is 18.6. The first-order chi connectivity index (χ1) is 11.7. The summed E-state index contributed by atoms with van der Waals surface area (Å²) in [6, 6.07) is 1.25. The van der Waals surface area contributed by atoms with Crippen molar-refractivity contribution in [3.05, 3.63) is 0 Å². The normalized spacial score (nSPS) is 21.2. The predicted molar refractivity (Wildman–Crippen MR) is 116 cm³/mol. The van der Waals surface area contributed by atoms with Crippen LogP contribution in [0.4, 0.5) is 0 Å². The molecule has 0 aromatic rings. The molecule has 2 N–H and O–H groups in total. The van der Waals surface area contributed by atoms with Gasteiger partial charge in [0.1, 0.15) is 0 Å². The third-order valence-electron chi connectivity index (χ3n) is 5.23. The van der Waals surface area contributed by atoms with Gasteiger partial charge in [0, 0.05) is 44.8 Å². The van der Waals surface area contributed by atoms with Crippen LogP contribution in [0.25, 0.3) is 0 Å². The fraction of sp³-hybridized carbons (Fsp3) is 0.944. The molecule has 2 rings (SSSR count). The maximum absolute atomic E-state index is 5.42. The molecule has 25 heavy (non-hydrogen) atoms. The van der Waals surface area contributed by atoms with E-state index in [2.05, 4.69) is 41.3 Å². The molecule has 6 nitrogen and oxygen atoms in total. The van der Waals surface area contributed by atoms with E-state index in [1.807, 2.05) is 0 Å². The zero-order valence-electron chi connectivity index (χ0n) is 16.3. The average molecular weight is 467 g/mol. The van der Waals surface area contributed by atoms with Crippen molar-refractivity contribution in [2.45, 2.75) is 51.6 Å². The highest BCUT2D eigenvalue weighted by Gasteiger charge is 2.19. The number of guanidine groups is 1. The van der Waals surface area contributed by atoms with Gasteiger partial charge in [0.15, 0.2) is 5.96 Å². The van der Waals surface area contributed by atoms with Crippen molar-refractivity contribution in [1.82, 2.24) is 20.4 Å². The van der Waals surface area contributed by atoms with Gasteiger partial charge in [0.25, 0.3) is 0 Å². The highest BCUT2D eigenvalue weighted by Crippen LogP contribution is 2.21. The highest BCUT2D eigenvalue weighted by molar-refractivity contribution is 14.0. The molecule has 0 aromatic carbocycles. The number of nitrogens with zero attached hydrogens (tertiary/aromatic N) is 3. The van der Waals surface area contributed by atoms with Gasteiger partial charge < -0.3 is 20.3 Å². The Labute approximate surface area is 171 Å². The summed E-state index contributed by atoms with van der Waals surface area (Å²) < 4.78 is 5.42. The number of ether oxygens (including phenoxy) is 1. The van der Waals surface area contributed by atoms with Crippen LogP contribution in [0.5, 0.6) is 0 Å². The van der Waals surface area contributed by atoms with Crippen LogP contribution in [0.15, 0.2) is 4.99 Å². The molecule has 148 valence electrons. The summed E-state index contributed by atoms with van der Waals surface area (Å²) >= 11 is 0. The van der Waals surface area contributed by atoms with Crippen LogP contribution in [0.1, 0.15) is 39.5 Å².